The van der Waals surface area contributed by atoms with Crippen molar-refractivity contribution in [2.45, 2.75) is 23.1 Å². The van der Waals surface area contributed by atoms with Crippen molar-refractivity contribution in [3.8, 4) is 0 Å². The molecular formula is C22H20N2O2S. The molecule has 5 heteroatoms. The molecule has 27 heavy (non-hydrogen) atoms. The molecule has 3 rings (SSSR count). The Morgan fingerprint density at radius 3 is 2.00 bits per heavy atom. The molecule has 2 amide bonds. The molecule has 136 valence electrons. The maximum absolute atomic E-state index is 12.4. The zero-order valence-corrected chi connectivity index (χ0v) is 15.8. The van der Waals surface area contributed by atoms with Crippen LogP contribution in [0.2, 0.25) is 0 Å². The van der Waals surface area contributed by atoms with Crippen molar-refractivity contribution in [2.24, 2.45) is 0 Å². The first-order valence-electron chi connectivity index (χ1n) is 8.69. The average Bonchev–Trinajstić information content (AvgIpc) is 2.70. The maximum atomic E-state index is 12.4. The minimum Gasteiger partial charge on any atom is -0.318 e. The highest BCUT2D eigenvalue weighted by Crippen LogP contribution is 2.33. The Labute approximate surface area is 163 Å². The predicted molar refractivity (Wildman–Crippen MR) is 110 cm³/mol. The third kappa shape index (κ3) is 4.99. The summed E-state index contributed by atoms with van der Waals surface area (Å²) in [5, 5.41) is 5.41. The SMILES string of the molecule is CCc1ccccc1NC(=O)C(=O)Nc1ccccc1Sc1ccccc1. The molecule has 0 bridgehead atoms. The van der Waals surface area contributed by atoms with Crippen LogP contribution in [0.5, 0.6) is 0 Å². The van der Waals surface area contributed by atoms with E-state index in [1.54, 1.807) is 12.1 Å². The minimum atomic E-state index is -0.693. The zero-order chi connectivity index (χ0) is 19.1. The predicted octanol–water partition coefficient (Wildman–Crippen LogP) is 4.98. The van der Waals surface area contributed by atoms with E-state index in [1.165, 1.54) is 11.8 Å². The van der Waals surface area contributed by atoms with Crippen molar-refractivity contribution in [1.82, 2.24) is 0 Å². The van der Waals surface area contributed by atoms with Crippen LogP contribution < -0.4 is 10.6 Å². The van der Waals surface area contributed by atoms with Crippen LogP contribution in [0.25, 0.3) is 0 Å². The average molecular weight is 376 g/mol. The van der Waals surface area contributed by atoms with Gasteiger partial charge in [-0.25, -0.2) is 0 Å². The van der Waals surface area contributed by atoms with Gasteiger partial charge in [-0.1, -0.05) is 67.2 Å². The van der Waals surface area contributed by atoms with Crippen LogP contribution in [-0.4, -0.2) is 11.8 Å². The Morgan fingerprint density at radius 1 is 0.741 bits per heavy atom. The molecule has 0 fully saturated rings. The molecule has 0 aliphatic carbocycles. The summed E-state index contributed by atoms with van der Waals surface area (Å²) >= 11 is 1.53. The Bertz CT molecular complexity index is 942. The molecule has 4 nitrogen and oxygen atoms in total. The van der Waals surface area contributed by atoms with E-state index in [1.807, 2.05) is 73.7 Å². The number of para-hydroxylation sites is 2. The number of amides is 2. The number of carbonyl (C=O) groups is 2. The number of hydrogen-bond acceptors (Lipinski definition) is 3. The van der Waals surface area contributed by atoms with Gasteiger partial charge in [-0.05, 0) is 42.3 Å². The van der Waals surface area contributed by atoms with E-state index >= 15 is 0 Å². The first kappa shape index (κ1) is 18.7. The van der Waals surface area contributed by atoms with Crippen molar-refractivity contribution in [1.29, 1.82) is 0 Å². The number of aryl methyl sites for hydroxylation is 1. The number of anilines is 2. The summed E-state index contributed by atoms with van der Waals surface area (Å²) < 4.78 is 0. The van der Waals surface area contributed by atoms with Crippen molar-refractivity contribution in [3.63, 3.8) is 0 Å². The van der Waals surface area contributed by atoms with Crippen molar-refractivity contribution in [2.75, 3.05) is 10.6 Å². The third-order valence-electron chi connectivity index (χ3n) is 3.96. The first-order chi connectivity index (χ1) is 13.2. The molecule has 0 saturated carbocycles. The third-order valence-corrected chi connectivity index (χ3v) is 5.04. The fourth-order valence-corrected chi connectivity index (χ4v) is 3.51. The summed E-state index contributed by atoms with van der Waals surface area (Å²) in [5.41, 5.74) is 2.25. The first-order valence-corrected chi connectivity index (χ1v) is 9.51. The molecule has 0 aromatic heterocycles. The lowest BCUT2D eigenvalue weighted by molar-refractivity contribution is -0.133. The van der Waals surface area contributed by atoms with Crippen molar-refractivity contribution >= 4 is 35.0 Å². The van der Waals surface area contributed by atoms with Gasteiger partial charge >= 0.3 is 11.8 Å². The smallest absolute Gasteiger partial charge is 0.314 e. The van der Waals surface area contributed by atoms with E-state index in [2.05, 4.69) is 10.6 Å². The van der Waals surface area contributed by atoms with Crippen molar-refractivity contribution in [3.05, 3.63) is 84.4 Å². The van der Waals surface area contributed by atoms with Gasteiger partial charge in [0, 0.05) is 15.5 Å². The van der Waals surface area contributed by atoms with Crippen LogP contribution in [-0.2, 0) is 16.0 Å². The van der Waals surface area contributed by atoms with Gasteiger partial charge in [-0.15, -0.1) is 0 Å². The molecule has 0 unspecified atom stereocenters. The minimum absolute atomic E-state index is 0.607. The molecule has 2 N–H and O–H groups in total. The summed E-state index contributed by atoms with van der Waals surface area (Å²) in [6.07, 6.45) is 0.772. The van der Waals surface area contributed by atoms with Gasteiger partial charge in [0.1, 0.15) is 0 Å². The monoisotopic (exact) mass is 376 g/mol. The molecule has 0 aliphatic rings. The highest BCUT2D eigenvalue weighted by Gasteiger charge is 2.17. The molecule has 0 aliphatic heterocycles. The topological polar surface area (TPSA) is 58.2 Å². The number of rotatable bonds is 5. The second-order valence-electron chi connectivity index (χ2n) is 5.83. The van der Waals surface area contributed by atoms with Crippen LogP contribution in [0, 0.1) is 0 Å². The van der Waals surface area contributed by atoms with Crippen LogP contribution in [0.4, 0.5) is 11.4 Å². The van der Waals surface area contributed by atoms with Gasteiger partial charge in [0.05, 0.1) is 5.69 Å². The normalized spacial score (nSPS) is 10.3. The Balaban J connectivity index is 1.71. The molecule has 0 atom stereocenters. The fraction of sp³-hybridized carbons (Fsp3) is 0.0909. The summed E-state index contributed by atoms with van der Waals surface area (Å²) in [4.78, 5) is 26.6. The number of nitrogens with one attached hydrogen (secondary N) is 2. The number of hydrogen-bond donors (Lipinski definition) is 2. The van der Waals surface area contributed by atoms with Gasteiger partial charge in [0.2, 0.25) is 0 Å². The van der Waals surface area contributed by atoms with E-state index in [4.69, 9.17) is 0 Å². The van der Waals surface area contributed by atoms with E-state index in [0.29, 0.717) is 11.4 Å². The Morgan fingerprint density at radius 2 is 1.30 bits per heavy atom. The summed E-state index contributed by atoms with van der Waals surface area (Å²) in [5.74, 6) is -1.38. The van der Waals surface area contributed by atoms with E-state index in [-0.39, 0.29) is 0 Å². The quantitative estimate of drug-likeness (QED) is 0.618. The van der Waals surface area contributed by atoms with Gasteiger partial charge in [0.15, 0.2) is 0 Å². The van der Waals surface area contributed by atoms with Gasteiger partial charge in [-0.2, -0.15) is 0 Å². The van der Waals surface area contributed by atoms with Crippen LogP contribution >= 0.6 is 11.8 Å². The largest absolute Gasteiger partial charge is 0.318 e. The van der Waals surface area contributed by atoms with Crippen molar-refractivity contribution < 1.29 is 9.59 Å². The highest BCUT2D eigenvalue weighted by atomic mass is 32.2. The standard InChI is InChI=1S/C22H20N2O2S/c1-2-16-10-6-7-13-18(16)23-21(25)22(26)24-19-14-8-9-15-20(19)27-17-11-4-3-5-12-17/h3-15H,2H2,1H3,(H,23,25)(H,24,26). The number of benzene rings is 3. The molecular weight excluding hydrogens is 356 g/mol. The van der Waals surface area contributed by atoms with E-state index in [9.17, 15) is 9.59 Å². The molecule has 3 aromatic carbocycles. The number of carbonyl (C=O) groups excluding carboxylic acids is 2. The molecule has 0 spiro atoms. The summed E-state index contributed by atoms with van der Waals surface area (Å²) in [7, 11) is 0. The summed E-state index contributed by atoms with van der Waals surface area (Å²) in [6, 6.07) is 24.8. The van der Waals surface area contributed by atoms with Crippen LogP contribution in [0.3, 0.4) is 0 Å². The highest BCUT2D eigenvalue weighted by molar-refractivity contribution is 7.99. The second kappa shape index (κ2) is 9.05. The van der Waals surface area contributed by atoms with E-state index in [0.717, 1.165) is 21.8 Å². The Kier molecular flexibility index (Phi) is 6.28. The zero-order valence-electron chi connectivity index (χ0n) is 14.9. The van der Waals surface area contributed by atoms with Gasteiger partial charge in [0.25, 0.3) is 0 Å². The van der Waals surface area contributed by atoms with Crippen LogP contribution in [0.15, 0.2) is 88.7 Å². The molecule has 0 saturated heterocycles. The second-order valence-corrected chi connectivity index (χ2v) is 6.95. The van der Waals surface area contributed by atoms with Crippen LogP contribution in [0.1, 0.15) is 12.5 Å². The molecule has 0 radical (unpaired) electrons. The lowest BCUT2D eigenvalue weighted by Crippen LogP contribution is -2.29. The fourth-order valence-electron chi connectivity index (χ4n) is 2.58. The lowest BCUT2D eigenvalue weighted by Gasteiger charge is -2.12. The molecule has 3 aromatic rings. The Hall–Kier alpha value is -3.05. The van der Waals surface area contributed by atoms with Gasteiger partial charge < -0.3 is 10.6 Å². The lowest BCUT2D eigenvalue weighted by atomic mass is 10.1. The molecule has 0 heterocycles. The summed E-state index contributed by atoms with van der Waals surface area (Å²) in [6.45, 7) is 2.00. The van der Waals surface area contributed by atoms with E-state index < -0.39 is 11.8 Å². The maximum Gasteiger partial charge on any atom is 0.314 e. The van der Waals surface area contributed by atoms with Gasteiger partial charge in [-0.3, -0.25) is 9.59 Å².